The third-order valence-corrected chi connectivity index (χ3v) is 5.79. The summed E-state index contributed by atoms with van der Waals surface area (Å²) < 4.78 is 5.47. The number of rotatable bonds is 5. The van der Waals surface area contributed by atoms with Crippen LogP contribution < -0.4 is 20.4 Å². The number of anilines is 2. The van der Waals surface area contributed by atoms with Gasteiger partial charge in [-0.2, -0.15) is 0 Å². The fourth-order valence-corrected chi connectivity index (χ4v) is 4.17. The number of guanidine groups is 1. The van der Waals surface area contributed by atoms with Crippen LogP contribution in [0.5, 0.6) is 0 Å². The van der Waals surface area contributed by atoms with E-state index in [0.29, 0.717) is 12.6 Å². The average Bonchev–Trinajstić information content (AvgIpc) is 3.26. The van der Waals surface area contributed by atoms with Crippen LogP contribution in [-0.2, 0) is 11.3 Å². The van der Waals surface area contributed by atoms with Crippen LogP contribution in [0.4, 0.5) is 11.5 Å². The molecule has 0 amide bonds. The van der Waals surface area contributed by atoms with Crippen LogP contribution in [-0.4, -0.2) is 63.4 Å². The summed E-state index contributed by atoms with van der Waals surface area (Å²) >= 11 is 6.15. The number of pyridine rings is 1. The maximum Gasteiger partial charge on any atom is 0.191 e. The van der Waals surface area contributed by atoms with Crippen LogP contribution in [0, 0.1) is 0 Å². The minimum Gasteiger partial charge on any atom is -0.378 e. The van der Waals surface area contributed by atoms with Crippen LogP contribution in [0.1, 0.15) is 12.0 Å². The van der Waals surface area contributed by atoms with Crippen molar-refractivity contribution in [3.63, 3.8) is 0 Å². The Hall–Kier alpha value is -1.78. The molecule has 2 N–H and O–H groups in total. The molecule has 1 aromatic carbocycles. The number of nitrogens with zero attached hydrogens (tertiary/aromatic N) is 4. The second-order valence-electron chi connectivity index (χ2n) is 7.57. The van der Waals surface area contributed by atoms with E-state index in [1.807, 2.05) is 37.5 Å². The maximum atomic E-state index is 6.15. The number of aliphatic imine (C=N–C) groups is 1. The lowest BCUT2D eigenvalue weighted by Crippen LogP contribution is -2.44. The summed E-state index contributed by atoms with van der Waals surface area (Å²) in [6.45, 7) is 5.84. The molecular formula is C22H30ClIN6O. The van der Waals surface area contributed by atoms with Gasteiger partial charge in [0.15, 0.2) is 5.96 Å². The summed E-state index contributed by atoms with van der Waals surface area (Å²) in [7, 11) is 1.81. The molecular weight excluding hydrogens is 527 g/mol. The zero-order chi connectivity index (χ0) is 20.8. The van der Waals surface area contributed by atoms with Gasteiger partial charge in [0, 0.05) is 68.3 Å². The van der Waals surface area contributed by atoms with Gasteiger partial charge >= 0.3 is 0 Å². The molecule has 2 aliphatic rings. The normalized spacial score (nSPS) is 19.2. The zero-order valence-electron chi connectivity index (χ0n) is 17.8. The van der Waals surface area contributed by atoms with Crippen LogP contribution in [0.3, 0.4) is 0 Å². The molecule has 2 aliphatic heterocycles. The van der Waals surface area contributed by atoms with E-state index >= 15 is 0 Å². The van der Waals surface area contributed by atoms with Crippen molar-refractivity contribution in [1.82, 2.24) is 15.6 Å². The lowest BCUT2D eigenvalue weighted by molar-refractivity contribution is 0.122. The Labute approximate surface area is 206 Å². The molecule has 0 radical (unpaired) electrons. The number of ether oxygens (including phenoxy) is 1. The molecule has 7 nitrogen and oxygen atoms in total. The van der Waals surface area contributed by atoms with Crippen LogP contribution in [0.2, 0.25) is 5.02 Å². The van der Waals surface area contributed by atoms with Crippen molar-refractivity contribution >= 4 is 53.0 Å². The maximum absolute atomic E-state index is 6.15. The number of halogens is 2. The minimum atomic E-state index is 0. The highest BCUT2D eigenvalue weighted by molar-refractivity contribution is 14.0. The van der Waals surface area contributed by atoms with Gasteiger partial charge in [-0.3, -0.25) is 4.99 Å². The molecule has 0 bridgehead atoms. The van der Waals surface area contributed by atoms with Crippen LogP contribution in [0.25, 0.3) is 0 Å². The standard InChI is InChI=1S/C22H29ClN6O.HI/c1-24-22(27-19-7-9-29(16-19)20-6-2-5-18(23)14-20)26-15-17-4-3-8-25-21(17)28-10-12-30-13-11-28;/h2-6,8,14,19H,7,9-13,15-16H2,1H3,(H2,24,26,27);1H. The van der Waals surface area contributed by atoms with Crippen molar-refractivity contribution in [1.29, 1.82) is 0 Å². The van der Waals surface area contributed by atoms with Crippen LogP contribution in [0.15, 0.2) is 47.6 Å². The van der Waals surface area contributed by atoms with E-state index in [2.05, 4.69) is 42.5 Å². The van der Waals surface area contributed by atoms with E-state index in [1.54, 1.807) is 0 Å². The van der Waals surface area contributed by atoms with Gasteiger partial charge in [-0.05, 0) is 30.7 Å². The average molecular weight is 557 g/mol. The number of aromatic nitrogens is 1. The lowest BCUT2D eigenvalue weighted by Gasteiger charge is -2.29. The molecule has 2 aromatic rings. The molecule has 31 heavy (non-hydrogen) atoms. The first kappa shape index (κ1) is 23.9. The molecule has 9 heteroatoms. The predicted octanol–water partition coefficient (Wildman–Crippen LogP) is 3.13. The van der Waals surface area contributed by atoms with Crippen LogP contribution >= 0.6 is 35.6 Å². The molecule has 1 aromatic heterocycles. The summed E-state index contributed by atoms with van der Waals surface area (Å²) in [5, 5.41) is 7.79. The van der Waals surface area contributed by atoms with E-state index in [1.165, 1.54) is 5.69 Å². The quantitative estimate of drug-likeness (QED) is 0.335. The predicted molar refractivity (Wildman–Crippen MR) is 138 cm³/mol. The molecule has 3 heterocycles. The van der Waals surface area contributed by atoms with Gasteiger partial charge in [-0.1, -0.05) is 23.7 Å². The van der Waals surface area contributed by atoms with E-state index in [4.69, 9.17) is 16.3 Å². The first-order valence-electron chi connectivity index (χ1n) is 10.5. The van der Waals surface area contributed by atoms with Crippen molar-refractivity contribution in [2.45, 2.75) is 19.0 Å². The third kappa shape index (κ3) is 6.36. The highest BCUT2D eigenvalue weighted by Crippen LogP contribution is 2.23. The topological polar surface area (TPSA) is 65.0 Å². The summed E-state index contributed by atoms with van der Waals surface area (Å²) in [4.78, 5) is 13.7. The van der Waals surface area contributed by atoms with Gasteiger partial charge in [0.25, 0.3) is 0 Å². The van der Waals surface area contributed by atoms with E-state index < -0.39 is 0 Å². The Balaban J connectivity index is 0.00000272. The third-order valence-electron chi connectivity index (χ3n) is 5.55. The molecule has 2 saturated heterocycles. The SMILES string of the molecule is CN=C(NCc1cccnc1N1CCOCC1)NC1CCN(c2cccc(Cl)c2)C1.I. The summed E-state index contributed by atoms with van der Waals surface area (Å²) in [6.07, 6.45) is 2.91. The van der Waals surface area contributed by atoms with E-state index in [0.717, 1.165) is 68.2 Å². The number of nitrogens with one attached hydrogen (secondary N) is 2. The van der Waals surface area contributed by atoms with Gasteiger partial charge in [-0.15, -0.1) is 24.0 Å². The fourth-order valence-electron chi connectivity index (χ4n) is 3.98. The number of morpholine rings is 1. The molecule has 1 unspecified atom stereocenters. The van der Waals surface area contributed by atoms with Gasteiger partial charge in [0.1, 0.15) is 5.82 Å². The highest BCUT2D eigenvalue weighted by atomic mass is 127. The summed E-state index contributed by atoms with van der Waals surface area (Å²) in [5.74, 6) is 1.83. The monoisotopic (exact) mass is 556 g/mol. The summed E-state index contributed by atoms with van der Waals surface area (Å²) in [6, 6.07) is 12.5. The largest absolute Gasteiger partial charge is 0.378 e. The first-order valence-corrected chi connectivity index (χ1v) is 10.8. The Morgan fingerprint density at radius 3 is 2.81 bits per heavy atom. The first-order chi connectivity index (χ1) is 14.7. The van der Waals surface area contributed by atoms with Gasteiger partial charge in [-0.25, -0.2) is 4.98 Å². The second-order valence-corrected chi connectivity index (χ2v) is 8.00. The summed E-state index contributed by atoms with van der Waals surface area (Å²) in [5.41, 5.74) is 2.33. The molecule has 0 aliphatic carbocycles. The highest BCUT2D eigenvalue weighted by Gasteiger charge is 2.24. The van der Waals surface area contributed by atoms with E-state index in [-0.39, 0.29) is 24.0 Å². The smallest absolute Gasteiger partial charge is 0.191 e. The van der Waals surface area contributed by atoms with Crippen molar-refractivity contribution in [3.8, 4) is 0 Å². The van der Waals surface area contributed by atoms with Gasteiger partial charge in [0.2, 0.25) is 0 Å². The molecule has 0 saturated carbocycles. The molecule has 0 spiro atoms. The zero-order valence-corrected chi connectivity index (χ0v) is 20.8. The molecule has 1 atom stereocenters. The van der Waals surface area contributed by atoms with Crippen molar-refractivity contribution in [2.24, 2.45) is 4.99 Å². The Kier molecular flexibility index (Phi) is 9.03. The Morgan fingerprint density at radius 2 is 2.03 bits per heavy atom. The fraction of sp³-hybridized carbons (Fsp3) is 0.455. The molecule has 4 rings (SSSR count). The van der Waals surface area contributed by atoms with E-state index in [9.17, 15) is 0 Å². The lowest BCUT2D eigenvalue weighted by atomic mass is 10.2. The molecule has 168 valence electrons. The number of hydrogen-bond acceptors (Lipinski definition) is 5. The van der Waals surface area contributed by atoms with Crippen molar-refractivity contribution < 1.29 is 4.74 Å². The van der Waals surface area contributed by atoms with Gasteiger partial charge < -0.3 is 25.2 Å². The van der Waals surface area contributed by atoms with Gasteiger partial charge in [0.05, 0.1) is 13.2 Å². The van der Waals surface area contributed by atoms with Crippen molar-refractivity contribution in [2.75, 3.05) is 56.2 Å². The Bertz CT molecular complexity index is 877. The Morgan fingerprint density at radius 1 is 1.19 bits per heavy atom. The molecule has 2 fully saturated rings. The number of hydrogen-bond donors (Lipinski definition) is 2. The van der Waals surface area contributed by atoms with Crippen molar-refractivity contribution in [3.05, 3.63) is 53.2 Å². The second kappa shape index (κ2) is 11.7. The number of benzene rings is 1. The minimum absolute atomic E-state index is 0.